The van der Waals surface area contributed by atoms with Crippen LogP contribution in [-0.2, 0) is 16.1 Å². The Morgan fingerprint density at radius 2 is 2.00 bits per heavy atom. The number of aromatic nitrogens is 2. The molecule has 2 aromatic heterocycles. The number of hydrazine groups is 1. The second-order valence-electron chi connectivity index (χ2n) is 8.41. The van der Waals surface area contributed by atoms with E-state index in [0.717, 1.165) is 36.0 Å². The first-order valence-corrected chi connectivity index (χ1v) is 12.0. The number of hydrogen-bond donors (Lipinski definition) is 2. The minimum atomic E-state index is -0.921. The largest absolute Gasteiger partial charge is 0.448 e. The molecular weight excluding hydrogens is 458 g/mol. The van der Waals surface area contributed by atoms with Crippen LogP contribution in [0.4, 0.5) is 4.79 Å². The van der Waals surface area contributed by atoms with Gasteiger partial charge < -0.3 is 9.73 Å². The van der Waals surface area contributed by atoms with E-state index in [-0.39, 0.29) is 23.4 Å². The van der Waals surface area contributed by atoms with E-state index >= 15 is 0 Å². The summed E-state index contributed by atoms with van der Waals surface area (Å²) >= 11 is 1.03. The number of fused-ring (bicyclic) bond motifs is 3. The summed E-state index contributed by atoms with van der Waals surface area (Å²) in [5.41, 5.74) is 2.20. The van der Waals surface area contributed by atoms with Crippen LogP contribution in [0.2, 0.25) is 0 Å². The smallest absolute Gasteiger partial charge is 0.344 e. The van der Waals surface area contributed by atoms with Gasteiger partial charge >= 0.3 is 6.03 Å². The highest BCUT2D eigenvalue weighted by atomic mass is 32.2. The quantitative estimate of drug-likeness (QED) is 0.240. The standard InChI is InChI=1S/C23H23N5O5S/c1-2-12-27-19(30)18-17(14-8-4-5-9-15(14)33-18)24-22(27)34-13-16(29)26-28-20(31)23(25-21(28)32)10-6-3-7-11-23/h2,4-5,8-9H,1,3,6-7,10-13H2,(H,25,32)(H,26,29). The van der Waals surface area contributed by atoms with Crippen molar-refractivity contribution >= 4 is 51.7 Å². The average Bonchev–Trinajstić information content (AvgIpc) is 3.31. The predicted octanol–water partition coefficient (Wildman–Crippen LogP) is 2.71. The first-order chi connectivity index (χ1) is 16.4. The molecule has 34 heavy (non-hydrogen) atoms. The van der Waals surface area contributed by atoms with Gasteiger partial charge in [0.2, 0.25) is 11.5 Å². The van der Waals surface area contributed by atoms with E-state index in [1.165, 1.54) is 4.57 Å². The van der Waals surface area contributed by atoms with Crippen LogP contribution < -0.4 is 16.3 Å². The van der Waals surface area contributed by atoms with E-state index in [1.807, 2.05) is 12.1 Å². The molecule has 2 aliphatic rings. The lowest BCUT2D eigenvalue weighted by Crippen LogP contribution is -2.51. The molecule has 1 saturated carbocycles. The normalized spacial score (nSPS) is 17.5. The van der Waals surface area contributed by atoms with E-state index in [2.05, 4.69) is 22.3 Å². The lowest BCUT2D eigenvalue weighted by molar-refractivity contribution is -0.139. The molecule has 2 fully saturated rings. The molecule has 0 unspecified atom stereocenters. The minimum absolute atomic E-state index is 0.133. The number of allylic oxidation sites excluding steroid dienone is 1. The Labute approximate surface area is 198 Å². The average molecular weight is 482 g/mol. The van der Waals surface area contributed by atoms with Gasteiger partial charge in [0.25, 0.3) is 11.5 Å². The molecule has 0 radical (unpaired) electrons. The maximum atomic E-state index is 13.1. The number of imide groups is 1. The molecule has 5 rings (SSSR count). The van der Waals surface area contributed by atoms with Crippen molar-refractivity contribution in [1.29, 1.82) is 0 Å². The van der Waals surface area contributed by atoms with Gasteiger partial charge in [0, 0.05) is 11.9 Å². The third-order valence-corrected chi connectivity index (χ3v) is 7.17. The van der Waals surface area contributed by atoms with Crippen molar-refractivity contribution in [3.63, 3.8) is 0 Å². The number of nitrogens with zero attached hydrogens (tertiary/aromatic N) is 3. The van der Waals surface area contributed by atoms with Crippen molar-refractivity contribution in [3.05, 3.63) is 47.3 Å². The number of furan rings is 1. The van der Waals surface area contributed by atoms with Crippen molar-refractivity contribution < 1.29 is 18.8 Å². The molecule has 1 saturated heterocycles. The number of carbonyl (C=O) groups excluding carboxylic acids is 3. The van der Waals surface area contributed by atoms with Crippen molar-refractivity contribution in [3.8, 4) is 0 Å². The zero-order chi connectivity index (χ0) is 23.9. The molecule has 0 atom stereocenters. The number of rotatable bonds is 6. The summed E-state index contributed by atoms with van der Waals surface area (Å²) < 4.78 is 7.09. The monoisotopic (exact) mass is 481 g/mol. The lowest BCUT2D eigenvalue weighted by Gasteiger charge is -2.30. The summed E-state index contributed by atoms with van der Waals surface area (Å²) in [4.78, 5) is 55.6. The van der Waals surface area contributed by atoms with E-state index in [9.17, 15) is 19.2 Å². The maximum Gasteiger partial charge on any atom is 0.344 e. The van der Waals surface area contributed by atoms with Crippen LogP contribution in [0, 0.1) is 0 Å². The number of benzene rings is 1. The molecular formula is C23H23N5O5S. The molecule has 10 nitrogen and oxygen atoms in total. The Kier molecular flexibility index (Phi) is 5.64. The summed E-state index contributed by atoms with van der Waals surface area (Å²) in [5, 5.41) is 4.53. The Balaban J connectivity index is 1.36. The molecule has 1 aromatic carbocycles. The number of carbonyl (C=O) groups is 3. The molecule has 1 aliphatic heterocycles. The highest BCUT2D eigenvalue weighted by Crippen LogP contribution is 2.33. The van der Waals surface area contributed by atoms with Crippen molar-refractivity contribution in [2.45, 2.75) is 49.3 Å². The third-order valence-electron chi connectivity index (χ3n) is 6.20. The van der Waals surface area contributed by atoms with Gasteiger partial charge in [-0.25, -0.2) is 9.78 Å². The topological polar surface area (TPSA) is 127 Å². The van der Waals surface area contributed by atoms with Gasteiger partial charge in [-0.2, -0.15) is 5.01 Å². The van der Waals surface area contributed by atoms with E-state index in [0.29, 0.717) is 34.5 Å². The van der Waals surface area contributed by atoms with Crippen LogP contribution in [-0.4, -0.2) is 43.7 Å². The molecule has 11 heteroatoms. The highest BCUT2D eigenvalue weighted by molar-refractivity contribution is 7.99. The summed E-state index contributed by atoms with van der Waals surface area (Å²) in [6.45, 7) is 3.87. The van der Waals surface area contributed by atoms with E-state index in [4.69, 9.17) is 4.42 Å². The summed E-state index contributed by atoms with van der Waals surface area (Å²) in [6.07, 6.45) is 5.40. The second-order valence-corrected chi connectivity index (χ2v) is 9.35. The van der Waals surface area contributed by atoms with Crippen LogP contribution in [0.5, 0.6) is 0 Å². The first kappa shape index (κ1) is 22.2. The van der Waals surface area contributed by atoms with Gasteiger partial charge in [0.15, 0.2) is 5.16 Å². The number of hydrogen-bond acceptors (Lipinski definition) is 7. The molecule has 3 heterocycles. The Bertz CT molecular complexity index is 1390. The van der Waals surface area contributed by atoms with Crippen LogP contribution in [0.1, 0.15) is 32.1 Å². The number of para-hydroxylation sites is 1. The fourth-order valence-corrected chi connectivity index (χ4v) is 5.35. The predicted molar refractivity (Wildman–Crippen MR) is 126 cm³/mol. The van der Waals surface area contributed by atoms with Crippen LogP contribution >= 0.6 is 11.8 Å². The molecule has 1 aliphatic carbocycles. The van der Waals surface area contributed by atoms with Crippen LogP contribution in [0.3, 0.4) is 0 Å². The first-order valence-electron chi connectivity index (χ1n) is 11.1. The van der Waals surface area contributed by atoms with Crippen molar-refractivity contribution in [1.82, 2.24) is 25.3 Å². The fraction of sp³-hybridized carbons (Fsp3) is 0.348. The number of urea groups is 1. The highest BCUT2D eigenvalue weighted by Gasteiger charge is 2.52. The number of nitrogens with one attached hydrogen (secondary N) is 2. The van der Waals surface area contributed by atoms with Gasteiger partial charge in [0.1, 0.15) is 16.6 Å². The molecule has 2 N–H and O–H groups in total. The molecule has 0 bridgehead atoms. The van der Waals surface area contributed by atoms with Crippen LogP contribution in [0.25, 0.3) is 22.1 Å². The zero-order valence-corrected chi connectivity index (χ0v) is 19.2. The Morgan fingerprint density at radius 3 is 2.76 bits per heavy atom. The second kappa shape index (κ2) is 8.64. The fourth-order valence-electron chi connectivity index (χ4n) is 4.56. The van der Waals surface area contributed by atoms with Gasteiger partial charge in [0.05, 0.1) is 5.75 Å². The summed E-state index contributed by atoms with van der Waals surface area (Å²) in [6, 6.07) is 6.57. The lowest BCUT2D eigenvalue weighted by atomic mass is 9.82. The molecule has 1 spiro atoms. The third kappa shape index (κ3) is 3.65. The Hall–Kier alpha value is -3.60. The maximum absolute atomic E-state index is 13.1. The number of thioether (sulfide) groups is 1. The van der Waals surface area contributed by atoms with Gasteiger partial charge in [-0.3, -0.25) is 24.4 Å². The van der Waals surface area contributed by atoms with Gasteiger partial charge in [-0.15, -0.1) is 6.58 Å². The summed E-state index contributed by atoms with van der Waals surface area (Å²) in [7, 11) is 0. The summed E-state index contributed by atoms with van der Waals surface area (Å²) in [5.74, 6) is -1.14. The van der Waals surface area contributed by atoms with Crippen molar-refractivity contribution in [2.75, 3.05) is 5.75 Å². The molecule has 4 amide bonds. The van der Waals surface area contributed by atoms with Crippen molar-refractivity contribution in [2.24, 2.45) is 0 Å². The van der Waals surface area contributed by atoms with Gasteiger partial charge in [-0.1, -0.05) is 49.2 Å². The Morgan fingerprint density at radius 1 is 1.24 bits per heavy atom. The SMILES string of the molecule is C=CCn1c(SCC(=O)NN2C(=O)NC3(CCCCC3)C2=O)nc2c(oc3ccccc32)c1=O. The molecule has 176 valence electrons. The zero-order valence-electron chi connectivity index (χ0n) is 18.3. The number of amides is 4. The van der Waals surface area contributed by atoms with Crippen LogP contribution in [0.15, 0.2) is 51.3 Å². The van der Waals surface area contributed by atoms with Gasteiger partial charge in [-0.05, 0) is 25.0 Å². The van der Waals surface area contributed by atoms with E-state index < -0.39 is 23.4 Å². The molecule has 3 aromatic rings. The minimum Gasteiger partial charge on any atom is -0.448 e. The van der Waals surface area contributed by atoms with E-state index in [1.54, 1.807) is 18.2 Å².